The number of para-hydroxylation sites is 3. The number of fused-ring (bicyclic) bond motifs is 4. The van der Waals surface area contributed by atoms with E-state index in [9.17, 15) is 32.4 Å². The van der Waals surface area contributed by atoms with E-state index in [1.807, 2.05) is 144 Å². The van der Waals surface area contributed by atoms with E-state index in [0.717, 1.165) is 42.3 Å². The predicted octanol–water partition coefficient (Wildman–Crippen LogP) is 9.86. The van der Waals surface area contributed by atoms with Gasteiger partial charge >= 0.3 is 6.18 Å². The minimum atomic E-state index is -5.33. The van der Waals surface area contributed by atoms with Crippen LogP contribution in [0, 0.1) is 49.4 Å². The van der Waals surface area contributed by atoms with Crippen molar-refractivity contribution in [1.82, 2.24) is 9.13 Å². The molecule has 2 heterocycles. The molecule has 0 amide bonds. The first-order valence-electron chi connectivity index (χ1n) is 17.9. The number of benzene rings is 7. The number of alkyl halides is 3. The van der Waals surface area contributed by atoms with Crippen LogP contribution in [0.15, 0.2) is 193 Å². The van der Waals surface area contributed by atoms with E-state index >= 15 is 0 Å². The van der Waals surface area contributed by atoms with Gasteiger partial charge in [0.25, 0.3) is 11.3 Å². The van der Waals surface area contributed by atoms with Crippen LogP contribution in [0.5, 0.6) is 5.75 Å². The molecule has 11 heteroatoms. The number of hydrogen-bond donors (Lipinski definition) is 1. The minimum absolute atomic E-state index is 0. The van der Waals surface area contributed by atoms with Gasteiger partial charge < -0.3 is 14.2 Å². The fourth-order valence-electron chi connectivity index (χ4n) is 7.24. The van der Waals surface area contributed by atoms with Crippen LogP contribution in [0.4, 0.5) is 13.2 Å². The first-order chi connectivity index (χ1) is 27.6. The molecule has 1 radical (unpaired) electrons. The molecule has 7 aromatic carbocycles. The van der Waals surface area contributed by atoms with Crippen LogP contribution >= 0.6 is 7.14 Å². The molecule has 0 aliphatic carbocycles. The molecule has 0 spiro atoms. The van der Waals surface area contributed by atoms with Gasteiger partial charge in [-0.25, -0.2) is 0 Å². The molecule has 0 fully saturated rings. The van der Waals surface area contributed by atoms with Gasteiger partial charge in [-0.2, -0.15) is 13.2 Å². The Morgan fingerprint density at radius 2 is 0.914 bits per heavy atom. The van der Waals surface area contributed by atoms with Crippen molar-refractivity contribution in [2.24, 2.45) is 0 Å². The Kier molecular flexibility index (Phi) is 11.9. The summed E-state index contributed by atoms with van der Waals surface area (Å²) in [6, 6.07) is 57.5. The van der Waals surface area contributed by atoms with Crippen molar-refractivity contribution in [3.63, 3.8) is 0 Å². The largest absolute Gasteiger partial charge is 0.506 e. The fraction of sp³-hybridized carbons (Fsp3) is 0.0213. The maximum absolute atomic E-state index is 13.8. The number of carbonyl (C=O) groups excluding carboxylic acids is 1. The molecule has 1 N–H and O–H groups in total. The molecule has 0 unspecified atom stereocenters. The van der Waals surface area contributed by atoms with Crippen molar-refractivity contribution in [2.45, 2.75) is 6.18 Å². The molecular formula is C47H32EuF3N2O4P. The number of Topliss-reactive ketones (excluding diaryl/α,β-unsaturated/α-hetero) is 1. The molecule has 58 heavy (non-hydrogen) atoms. The molecule has 0 bridgehead atoms. The summed E-state index contributed by atoms with van der Waals surface area (Å²) >= 11 is 0. The molecule has 0 aliphatic rings. The fourth-order valence-corrected chi connectivity index (χ4v) is 9.91. The van der Waals surface area contributed by atoms with E-state index in [0.29, 0.717) is 5.69 Å². The van der Waals surface area contributed by atoms with Gasteiger partial charge in [0, 0.05) is 92.8 Å². The van der Waals surface area contributed by atoms with Gasteiger partial charge in [-0.05, 0) is 42.5 Å². The number of aromatic nitrogens is 2. The summed E-state index contributed by atoms with van der Waals surface area (Å²) in [5, 5.41) is 15.3. The Balaban J connectivity index is 0.000000206. The summed E-state index contributed by atoms with van der Waals surface area (Å²) < 4.78 is 56.9. The molecular weight excluding hydrogens is 896 g/mol. The second-order valence-corrected chi connectivity index (χ2v) is 16.0. The molecule has 9 rings (SSSR count). The quantitative estimate of drug-likeness (QED) is 0.133. The number of nitrogens with zero attached hydrogens (tertiary/aromatic N) is 2. The van der Waals surface area contributed by atoms with Gasteiger partial charge in [0.1, 0.15) is 11.3 Å². The Bertz CT molecular complexity index is 2870. The predicted molar refractivity (Wildman–Crippen MR) is 222 cm³/mol. The van der Waals surface area contributed by atoms with Crippen molar-refractivity contribution < 1.29 is 77.0 Å². The molecule has 6 nitrogen and oxygen atoms in total. The zero-order valence-electron chi connectivity index (χ0n) is 30.4. The van der Waals surface area contributed by atoms with Gasteiger partial charge in [0.05, 0.1) is 16.6 Å². The number of aromatic hydroxyl groups is 1. The molecule has 0 atom stereocenters. The van der Waals surface area contributed by atoms with Crippen molar-refractivity contribution in [2.75, 3.05) is 0 Å². The number of hydrogen-bond acceptors (Lipinski definition) is 4. The third kappa shape index (κ3) is 7.42. The summed E-state index contributed by atoms with van der Waals surface area (Å²) in [5.74, 6) is -3.39. The van der Waals surface area contributed by atoms with Gasteiger partial charge in [-0.15, -0.1) is 0 Å². The Labute approximate surface area is 371 Å². The molecule has 0 saturated heterocycles. The van der Waals surface area contributed by atoms with Crippen LogP contribution in [0.25, 0.3) is 44.1 Å². The smallest absolute Gasteiger partial charge is 0.455 e. The van der Waals surface area contributed by atoms with Gasteiger partial charge in [-0.3, -0.25) is 14.2 Å². The van der Waals surface area contributed by atoms with E-state index in [-0.39, 0.29) is 66.0 Å². The van der Waals surface area contributed by atoms with Crippen LogP contribution < -0.4 is 21.5 Å². The van der Waals surface area contributed by atoms with E-state index in [1.165, 1.54) is 6.07 Å². The first-order valence-corrected chi connectivity index (χ1v) is 19.6. The van der Waals surface area contributed by atoms with Crippen LogP contribution in [-0.2, 0) is 4.57 Å². The van der Waals surface area contributed by atoms with Gasteiger partial charge in [-0.1, -0.05) is 146 Å². The third-order valence-electron chi connectivity index (χ3n) is 9.83. The molecule has 9 aromatic rings. The summed E-state index contributed by atoms with van der Waals surface area (Å²) in [5.41, 5.74) is 0.268. The van der Waals surface area contributed by atoms with E-state index in [2.05, 4.69) is 0 Å². The number of carbonyl (C=O) groups is 1. The van der Waals surface area contributed by atoms with E-state index in [1.54, 1.807) is 42.5 Å². The van der Waals surface area contributed by atoms with Gasteiger partial charge in [0.2, 0.25) is 0 Å². The number of rotatable bonds is 6. The maximum Gasteiger partial charge on any atom is 0.455 e. The Morgan fingerprint density at radius 3 is 1.36 bits per heavy atom. The number of halogens is 3. The standard InChI is InChI=1S/C29H17F3N2O3.C18H15OP.Eu/c30-29(31,32)27(36)25-26(35)21-15-14-18(16-24(21)34(28(25)37)17-8-2-1-3-9-17)33-22-12-6-4-10-19(22)20-11-5-7-13-23(20)33;19-20(16-10-4-1-5-11-16,17-12-6-2-7-13-17)18-14-8-3-9-15-18;/h1-16,35H;1-15H;. The van der Waals surface area contributed by atoms with Crippen molar-refractivity contribution >= 4 is 61.5 Å². The third-order valence-corrected chi connectivity index (χ3v) is 12.9. The average molecular weight is 929 g/mol. The first kappa shape index (κ1) is 40.8. The second-order valence-electron chi connectivity index (χ2n) is 13.2. The average Bonchev–Trinajstić information content (AvgIpc) is 3.59. The maximum atomic E-state index is 13.8. The van der Waals surface area contributed by atoms with E-state index < -0.39 is 36.0 Å². The zero-order chi connectivity index (χ0) is 39.7. The van der Waals surface area contributed by atoms with Crippen LogP contribution in [0.3, 0.4) is 0 Å². The monoisotopic (exact) mass is 929 g/mol. The number of pyridine rings is 1. The Morgan fingerprint density at radius 1 is 0.500 bits per heavy atom. The summed E-state index contributed by atoms with van der Waals surface area (Å²) in [4.78, 5) is 25.6. The van der Waals surface area contributed by atoms with Crippen molar-refractivity contribution in [3.8, 4) is 17.1 Å². The van der Waals surface area contributed by atoms with Crippen molar-refractivity contribution in [3.05, 3.63) is 204 Å². The van der Waals surface area contributed by atoms with Crippen LogP contribution in [-0.4, -0.2) is 26.2 Å². The van der Waals surface area contributed by atoms with Crippen LogP contribution in [0.1, 0.15) is 10.4 Å². The van der Waals surface area contributed by atoms with Gasteiger partial charge in [0.15, 0.2) is 7.14 Å². The van der Waals surface area contributed by atoms with Crippen LogP contribution in [0.2, 0.25) is 0 Å². The molecule has 0 saturated carbocycles. The summed E-state index contributed by atoms with van der Waals surface area (Å²) in [6.45, 7) is 0. The Hall–Kier alpha value is -5.38. The minimum Gasteiger partial charge on any atom is -0.506 e. The molecule has 2 aromatic heterocycles. The molecule has 0 aliphatic heterocycles. The molecule has 287 valence electrons. The summed E-state index contributed by atoms with van der Waals surface area (Å²) in [7, 11) is -2.78. The normalized spacial score (nSPS) is 11.5. The second kappa shape index (κ2) is 16.8. The van der Waals surface area contributed by atoms with E-state index in [4.69, 9.17) is 0 Å². The topological polar surface area (TPSA) is 81.3 Å². The van der Waals surface area contributed by atoms with Crippen molar-refractivity contribution in [1.29, 1.82) is 0 Å². The SMILES string of the molecule is O=C(c1c(O)c2ccc(-n3c4ccccc4c4ccccc43)cc2n(-c2ccccc2)c1=O)C(F)(F)F.O=P(c1ccccc1)(c1ccccc1)c1ccccc1.[Eu]. The number of ketones is 1. The zero-order valence-corrected chi connectivity index (χ0v) is 33.7. The summed E-state index contributed by atoms with van der Waals surface area (Å²) in [6.07, 6.45) is -5.33.